The van der Waals surface area contributed by atoms with E-state index in [1.165, 1.54) is 0 Å². The van der Waals surface area contributed by atoms with Crippen molar-refractivity contribution < 1.29 is 34.3 Å². The van der Waals surface area contributed by atoms with Crippen LogP contribution in [0, 0.1) is 4.91 Å². The fraction of sp³-hybridized carbons (Fsp3) is 0.333. The van der Waals surface area contributed by atoms with Gasteiger partial charge in [-0.1, -0.05) is 91.0 Å². The van der Waals surface area contributed by atoms with Crippen molar-refractivity contribution in [3.05, 3.63) is 137 Å². The summed E-state index contributed by atoms with van der Waals surface area (Å²) in [6.45, 7) is 10.5. The van der Waals surface area contributed by atoms with Crippen molar-refractivity contribution >= 4 is 5.57 Å². The van der Waals surface area contributed by atoms with E-state index in [0.717, 1.165) is 45.4 Å². The van der Waals surface area contributed by atoms with Crippen molar-refractivity contribution in [1.29, 1.82) is 0 Å². The molecule has 2 atom stereocenters. The molecule has 0 fully saturated rings. The maximum Gasteiger partial charge on any atom is 0.123 e. The lowest BCUT2D eigenvalue weighted by Crippen LogP contribution is -2.19. The molecule has 3 N–H and O–H groups in total. The van der Waals surface area contributed by atoms with Gasteiger partial charge in [0.25, 0.3) is 0 Å². The van der Waals surface area contributed by atoms with Gasteiger partial charge in [-0.2, -0.15) is 4.91 Å². The predicted octanol–water partition coefficient (Wildman–Crippen LogP) is 7.83. The Balaban J connectivity index is 2.26. The highest BCUT2D eigenvalue weighted by Crippen LogP contribution is 2.40. The van der Waals surface area contributed by atoms with Crippen LogP contribution in [0.15, 0.2) is 126 Å². The Bertz CT molecular complexity index is 1620. The average Bonchev–Trinajstić information content (AvgIpc) is 3.15. The van der Waals surface area contributed by atoms with Gasteiger partial charge in [-0.15, -0.1) is 0 Å². The quantitative estimate of drug-likeness (QED) is 0.0520. The monoisotopic (exact) mass is 697 g/mol. The summed E-state index contributed by atoms with van der Waals surface area (Å²) in [6, 6.07) is 21.2. The van der Waals surface area contributed by atoms with Crippen molar-refractivity contribution in [2.24, 2.45) is 5.18 Å². The summed E-state index contributed by atoms with van der Waals surface area (Å²) in [7, 11) is 0. The zero-order valence-electron chi connectivity index (χ0n) is 29.9. The van der Waals surface area contributed by atoms with E-state index in [1.54, 1.807) is 6.08 Å². The largest absolute Gasteiger partial charge is 0.491 e. The number of ether oxygens (including phenoxy) is 4. The summed E-state index contributed by atoms with van der Waals surface area (Å²) in [5.74, 6) is 1.52. The third-order valence-electron chi connectivity index (χ3n) is 7.85. The molecular weight excluding hydrogens is 646 g/mol. The molecular formula is C42H51NO8. The normalized spacial score (nSPS) is 13.6. The lowest BCUT2D eigenvalue weighted by Gasteiger charge is -2.26. The van der Waals surface area contributed by atoms with Gasteiger partial charge in [-0.3, -0.25) is 0 Å². The number of nitroso groups, excluding NO2 is 1. The third kappa shape index (κ3) is 13.1. The molecule has 3 aromatic carbocycles. The van der Waals surface area contributed by atoms with E-state index >= 15 is 0 Å². The Morgan fingerprint density at radius 3 is 2.06 bits per heavy atom. The molecule has 0 saturated carbocycles. The highest BCUT2D eigenvalue weighted by molar-refractivity contribution is 5.76. The molecule has 51 heavy (non-hydrogen) atoms. The van der Waals surface area contributed by atoms with Gasteiger partial charge in [-0.25, -0.2) is 0 Å². The summed E-state index contributed by atoms with van der Waals surface area (Å²) in [5, 5.41) is 31.0. The van der Waals surface area contributed by atoms with Crippen LogP contribution in [0.25, 0.3) is 16.7 Å². The molecule has 0 amide bonds. The first-order valence-corrected chi connectivity index (χ1v) is 17.2. The molecule has 0 bridgehead atoms. The number of aliphatic hydroxyl groups excluding tert-OH is 3. The minimum absolute atomic E-state index is 0.00170. The minimum atomic E-state index is -0.391. The highest BCUT2D eigenvalue weighted by Gasteiger charge is 2.24. The fourth-order valence-corrected chi connectivity index (χ4v) is 5.51. The number of hydrogen-bond donors (Lipinski definition) is 3. The SMILES string of the molecule is C=C/C=C(\C=C\C(/C(=C/C(C)=C\CC)C(C)OCCO)c1cc(-c2ccc(OCCO)cc2)ccc1OCCN=O)c1ccc(OCCO)cc1. The molecule has 2 unspecified atom stereocenters. The van der Waals surface area contributed by atoms with E-state index in [4.69, 9.17) is 29.2 Å². The molecule has 0 radical (unpaired) electrons. The van der Waals surface area contributed by atoms with Crippen LogP contribution in [0.5, 0.6) is 17.2 Å². The Hall–Kier alpha value is -4.80. The number of aliphatic hydroxyl groups is 3. The molecule has 3 aromatic rings. The molecule has 0 heterocycles. The number of rotatable bonds is 23. The second-order valence-corrected chi connectivity index (χ2v) is 11.6. The first-order chi connectivity index (χ1) is 24.9. The summed E-state index contributed by atoms with van der Waals surface area (Å²) in [5.41, 5.74) is 6.56. The van der Waals surface area contributed by atoms with Gasteiger partial charge < -0.3 is 34.3 Å². The van der Waals surface area contributed by atoms with E-state index in [0.29, 0.717) is 17.2 Å². The van der Waals surface area contributed by atoms with Crippen LogP contribution in [0.4, 0.5) is 0 Å². The molecule has 3 rings (SSSR count). The van der Waals surface area contributed by atoms with Gasteiger partial charge in [-0.05, 0) is 84.5 Å². The van der Waals surface area contributed by atoms with Gasteiger partial charge in [0.1, 0.15) is 43.6 Å². The summed E-state index contributed by atoms with van der Waals surface area (Å²) >= 11 is 0. The van der Waals surface area contributed by atoms with Gasteiger partial charge in [0.2, 0.25) is 0 Å². The molecule has 0 saturated heterocycles. The van der Waals surface area contributed by atoms with Crippen molar-refractivity contribution in [2.75, 3.05) is 52.8 Å². The zero-order chi connectivity index (χ0) is 36.8. The number of benzene rings is 3. The highest BCUT2D eigenvalue weighted by atomic mass is 16.5. The second-order valence-electron chi connectivity index (χ2n) is 11.6. The first kappa shape index (κ1) is 40.6. The fourth-order valence-electron chi connectivity index (χ4n) is 5.51. The van der Waals surface area contributed by atoms with Crippen molar-refractivity contribution in [2.45, 2.75) is 39.2 Å². The molecule has 272 valence electrons. The minimum Gasteiger partial charge on any atom is -0.491 e. The molecule has 9 nitrogen and oxygen atoms in total. The third-order valence-corrected chi connectivity index (χ3v) is 7.85. The Morgan fingerprint density at radius 2 is 1.47 bits per heavy atom. The summed E-state index contributed by atoms with van der Waals surface area (Å²) < 4.78 is 23.5. The van der Waals surface area contributed by atoms with Crippen molar-refractivity contribution in [3.8, 4) is 28.4 Å². The topological polar surface area (TPSA) is 127 Å². The van der Waals surface area contributed by atoms with Gasteiger partial charge in [0.15, 0.2) is 0 Å². The van der Waals surface area contributed by atoms with E-state index in [9.17, 15) is 10.0 Å². The van der Waals surface area contributed by atoms with Crippen LogP contribution in [0.3, 0.4) is 0 Å². The Labute approximate surface area is 301 Å². The van der Waals surface area contributed by atoms with E-state index < -0.39 is 6.10 Å². The number of hydrogen-bond acceptors (Lipinski definition) is 9. The smallest absolute Gasteiger partial charge is 0.123 e. The molecule has 9 heteroatoms. The Morgan fingerprint density at radius 1 is 0.843 bits per heavy atom. The maximum absolute atomic E-state index is 11.0. The van der Waals surface area contributed by atoms with Crippen LogP contribution in [-0.4, -0.2) is 74.2 Å². The van der Waals surface area contributed by atoms with Crippen LogP contribution in [0.2, 0.25) is 0 Å². The number of nitrogens with zero attached hydrogens (tertiary/aromatic N) is 1. The summed E-state index contributed by atoms with van der Waals surface area (Å²) in [4.78, 5) is 11.0. The molecule has 0 aromatic heterocycles. The lowest BCUT2D eigenvalue weighted by molar-refractivity contribution is 0.0561. The van der Waals surface area contributed by atoms with E-state index in [-0.39, 0.29) is 58.7 Å². The van der Waals surface area contributed by atoms with Crippen LogP contribution < -0.4 is 14.2 Å². The lowest BCUT2D eigenvalue weighted by atomic mass is 9.84. The summed E-state index contributed by atoms with van der Waals surface area (Å²) in [6.07, 6.45) is 12.5. The standard InChI is InChI=1S/C42H51NO8/c1-5-7-31(3)29-40(32(4)48-26-22-44)39(19-13-33(8-6-2)34-9-15-37(16-10-34)49-27-23-45)41-30-36(14-20-42(41)51-25-21-43-47)35-11-17-38(18-12-35)50-28-24-46/h6-20,29-30,32,39,44-46H,2,5,21-28H2,1,3-4H3/b19-13+,31-7-,33-8+,40-29+. The Kier molecular flexibility index (Phi) is 18.2. The first-order valence-electron chi connectivity index (χ1n) is 17.2. The van der Waals surface area contributed by atoms with Gasteiger partial charge >= 0.3 is 0 Å². The van der Waals surface area contributed by atoms with Crippen LogP contribution >= 0.6 is 0 Å². The zero-order valence-corrected chi connectivity index (χ0v) is 29.9. The molecule has 0 spiro atoms. The number of allylic oxidation sites excluding steroid dienone is 8. The van der Waals surface area contributed by atoms with E-state index in [1.807, 2.05) is 79.7 Å². The maximum atomic E-state index is 11.0. The van der Waals surface area contributed by atoms with Crippen LogP contribution in [0.1, 0.15) is 44.2 Å². The van der Waals surface area contributed by atoms with Crippen LogP contribution in [-0.2, 0) is 4.74 Å². The molecule has 0 aliphatic carbocycles. The molecule has 0 aliphatic rings. The van der Waals surface area contributed by atoms with Crippen molar-refractivity contribution in [3.63, 3.8) is 0 Å². The van der Waals surface area contributed by atoms with Gasteiger partial charge in [0, 0.05) is 11.5 Å². The molecule has 0 aliphatic heterocycles. The average molecular weight is 698 g/mol. The van der Waals surface area contributed by atoms with Gasteiger partial charge in [0.05, 0.1) is 32.5 Å². The van der Waals surface area contributed by atoms with Crippen molar-refractivity contribution in [1.82, 2.24) is 0 Å². The van der Waals surface area contributed by atoms with E-state index in [2.05, 4.69) is 49.9 Å². The second kappa shape index (κ2) is 22.8. The predicted molar refractivity (Wildman–Crippen MR) is 204 cm³/mol.